The molecule has 0 heterocycles. The van der Waals surface area contributed by atoms with Crippen molar-refractivity contribution >= 4 is 17.3 Å². The van der Waals surface area contributed by atoms with Crippen LogP contribution in [0.2, 0.25) is 5.02 Å². The van der Waals surface area contributed by atoms with Gasteiger partial charge in [-0.3, -0.25) is 0 Å². The van der Waals surface area contributed by atoms with Gasteiger partial charge in [-0.05, 0) is 55.5 Å². The molecular weight excluding hydrogens is 334 g/mol. The molecule has 25 heavy (non-hydrogen) atoms. The Hall–Kier alpha value is -2.65. The van der Waals surface area contributed by atoms with E-state index in [4.69, 9.17) is 21.1 Å². The van der Waals surface area contributed by atoms with Crippen LogP contribution in [0.3, 0.4) is 0 Å². The minimum absolute atomic E-state index is 0.0138. The van der Waals surface area contributed by atoms with E-state index in [9.17, 15) is 0 Å². The zero-order valence-electron chi connectivity index (χ0n) is 14.0. The quantitative estimate of drug-likeness (QED) is 0.564. The summed E-state index contributed by atoms with van der Waals surface area (Å²) in [5, 5.41) is 3.97. The lowest BCUT2D eigenvalue weighted by atomic mass is 10.3. The van der Waals surface area contributed by atoms with E-state index in [1.807, 2.05) is 85.8 Å². The van der Waals surface area contributed by atoms with Crippen molar-refractivity contribution in [2.75, 3.05) is 11.9 Å². The molecule has 0 spiro atoms. The zero-order chi connectivity index (χ0) is 17.5. The van der Waals surface area contributed by atoms with Crippen LogP contribution in [-0.2, 0) is 0 Å². The van der Waals surface area contributed by atoms with Gasteiger partial charge < -0.3 is 14.8 Å². The Balaban J connectivity index is 1.51. The summed E-state index contributed by atoms with van der Waals surface area (Å²) in [6.07, 6.45) is -0.0138. The number of hydrogen-bond donors (Lipinski definition) is 1. The maximum atomic E-state index is 6.11. The Morgan fingerprint density at radius 3 is 2.20 bits per heavy atom. The highest BCUT2D eigenvalue weighted by atomic mass is 35.5. The van der Waals surface area contributed by atoms with Crippen LogP contribution in [0.5, 0.6) is 17.2 Å². The van der Waals surface area contributed by atoms with E-state index in [0.717, 1.165) is 17.2 Å². The van der Waals surface area contributed by atoms with E-state index >= 15 is 0 Å². The maximum Gasteiger partial charge on any atom is 0.138 e. The van der Waals surface area contributed by atoms with Gasteiger partial charge in [0.1, 0.15) is 23.4 Å². The average Bonchev–Trinajstić information content (AvgIpc) is 2.64. The number of halogens is 1. The van der Waals surface area contributed by atoms with Gasteiger partial charge in [0.25, 0.3) is 0 Å². The molecule has 1 N–H and O–H groups in total. The molecule has 0 amide bonds. The van der Waals surface area contributed by atoms with Gasteiger partial charge in [0.2, 0.25) is 0 Å². The highest BCUT2D eigenvalue weighted by Crippen LogP contribution is 2.25. The molecule has 0 fully saturated rings. The van der Waals surface area contributed by atoms with E-state index in [1.165, 1.54) is 0 Å². The predicted octanol–water partition coefficient (Wildman–Crippen LogP) is 6.01. The van der Waals surface area contributed by atoms with Crippen molar-refractivity contribution in [3.05, 3.63) is 83.9 Å². The summed E-state index contributed by atoms with van der Waals surface area (Å²) in [6, 6.07) is 25.1. The Morgan fingerprint density at radius 2 is 1.48 bits per heavy atom. The molecule has 0 aliphatic heterocycles. The number of hydrogen-bond acceptors (Lipinski definition) is 3. The van der Waals surface area contributed by atoms with E-state index in [2.05, 4.69) is 5.32 Å². The molecule has 3 aromatic carbocycles. The Morgan fingerprint density at radius 1 is 0.840 bits per heavy atom. The zero-order valence-corrected chi connectivity index (χ0v) is 14.7. The van der Waals surface area contributed by atoms with E-state index < -0.39 is 0 Å². The summed E-state index contributed by atoms with van der Waals surface area (Å²) in [6.45, 7) is 2.67. The number of para-hydroxylation sites is 2. The monoisotopic (exact) mass is 353 g/mol. The number of rotatable bonds is 7. The molecule has 0 saturated heterocycles. The molecule has 0 aliphatic rings. The van der Waals surface area contributed by atoms with Gasteiger partial charge in [-0.25, -0.2) is 0 Å². The first kappa shape index (κ1) is 17.2. The van der Waals surface area contributed by atoms with Crippen LogP contribution in [0.15, 0.2) is 78.9 Å². The third-order valence-corrected chi connectivity index (χ3v) is 3.90. The van der Waals surface area contributed by atoms with Crippen LogP contribution in [0, 0.1) is 0 Å². The maximum absolute atomic E-state index is 6.11. The molecule has 0 radical (unpaired) electrons. The number of benzene rings is 3. The highest BCUT2D eigenvalue weighted by Gasteiger charge is 2.07. The lowest BCUT2D eigenvalue weighted by molar-refractivity contribution is 0.235. The molecule has 1 atom stereocenters. The highest BCUT2D eigenvalue weighted by molar-refractivity contribution is 6.32. The second kappa shape index (κ2) is 8.45. The lowest BCUT2D eigenvalue weighted by Crippen LogP contribution is -2.22. The van der Waals surface area contributed by atoms with Gasteiger partial charge >= 0.3 is 0 Å². The second-order valence-electron chi connectivity index (χ2n) is 5.68. The van der Waals surface area contributed by atoms with Gasteiger partial charge in [-0.15, -0.1) is 0 Å². The smallest absolute Gasteiger partial charge is 0.138 e. The normalized spacial score (nSPS) is 11.6. The molecule has 1 unspecified atom stereocenters. The Bertz CT molecular complexity index is 791. The van der Waals surface area contributed by atoms with Crippen LogP contribution in [0.4, 0.5) is 5.69 Å². The molecule has 128 valence electrons. The van der Waals surface area contributed by atoms with Crippen molar-refractivity contribution in [1.82, 2.24) is 0 Å². The second-order valence-corrected chi connectivity index (χ2v) is 6.09. The minimum Gasteiger partial charge on any atom is -0.487 e. The summed E-state index contributed by atoms with van der Waals surface area (Å²) in [4.78, 5) is 0. The van der Waals surface area contributed by atoms with Crippen molar-refractivity contribution in [1.29, 1.82) is 0 Å². The number of anilines is 1. The minimum atomic E-state index is -0.0138. The van der Waals surface area contributed by atoms with Crippen LogP contribution in [0.1, 0.15) is 6.92 Å². The topological polar surface area (TPSA) is 30.5 Å². The molecule has 3 nitrogen and oxygen atoms in total. The first-order chi connectivity index (χ1) is 12.2. The molecule has 0 aromatic heterocycles. The molecule has 0 aliphatic carbocycles. The van der Waals surface area contributed by atoms with Crippen molar-refractivity contribution < 1.29 is 9.47 Å². The summed E-state index contributed by atoms with van der Waals surface area (Å²) < 4.78 is 11.6. The Kier molecular flexibility index (Phi) is 5.81. The van der Waals surface area contributed by atoms with Crippen LogP contribution in [-0.4, -0.2) is 12.6 Å². The summed E-state index contributed by atoms with van der Waals surface area (Å²) in [5.41, 5.74) is 1.01. The molecule has 0 bridgehead atoms. The third-order valence-electron chi connectivity index (χ3n) is 3.59. The largest absolute Gasteiger partial charge is 0.487 e. The molecule has 0 saturated carbocycles. The van der Waals surface area contributed by atoms with Crippen molar-refractivity contribution in [3.63, 3.8) is 0 Å². The number of ether oxygens (including phenoxy) is 2. The van der Waals surface area contributed by atoms with Gasteiger partial charge in [-0.2, -0.15) is 0 Å². The summed E-state index contributed by atoms with van der Waals surface area (Å²) in [7, 11) is 0. The van der Waals surface area contributed by atoms with Gasteiger partial charge in [-0.1, -0.05) is 41.9 Å². The predicted molar refractivity (Wildman–Crippen MR) is 103 cm³/mol. The fourth-order valence-electron chi connectivity index (χ4n) is 2.33. The van der Waals surface area contributed by atoms with Crippen molar-refractivity contribution in [2.45, 2.75) is 13.0 Å². The average molecular weight is 354 g/mol. The SMILES string of the molecule is CC(CNc1ccc(Oc2ccccc2)cc1)Oc1ccccc1Cl. The third kappa shape index (κ3) is 5.16. The Labute approximate surface area is 153 Å². The van der Waals surface area contributed by atoms with Crippen molar-refractivity contribution in [3.8, 4) is 17.2 Å². The fraction of sp³-hybridized carbons (Fsp3) is 0.143. The van der Waals surface area contributed by atoms with Gasteiger partial charge in [0.15, 0.2) is 0 Å². The fourth-order valence-corrected chi connectivity index (χ4v) is 2.51. The van der Waals surface area contributed by atoms with Gasteiger partial charge in [0.05, 0.1) is 11.6 Å². The first-order valence-corrected chi connectivity index (χ1v) is 8.56. The van der Waals surface area contributed by atoms with Crippen molar-refractivity contribution in [2.24, 2.45) is 0 Å². The molecule has 3 aromatic rings. The molecular formula is C21H20ClNO2. The van der Waals surface area contributed by atoms with Crippen LogP contribution < -0.4 is 14.8 Å². The van der Waals surface area contributed by atoms with Gasteiger partial charge in [0, 0.05) is 5.69 Å². The first-order valence-electron chi connectivity index (χ1n) is 8.19. The molecule has 3 rings (SSSR count). The molecule has 4 heteroatoms. The van der Waals surface area contributed by atoms with E-state index in [0.29, 0.717) is 17.3 Å². The van der Waals surface area contributed by atoms with Crippen LogP contribution >= 0.6 is 11.6 Å². The summed E-state index contributed by atoms with van der Waals surface area (Å²) in [5.74, 6) is 2.33. The lowest BCUT2D eigenvalue weighted by Gasteiger charge is -2.17. The standard InChI is InChI=1S/C21H20ClNO2/c1-16(24-21-10-6-5-9-20(21)22)15-23-17-11-13-19(14-12-17)25-18-7-3-2-4-8-18/h2-14,16,23H,15H2,1H3. The van der Waals surface area contributed by atoms with E-state index in [-0.39, 0.29) is 6.10 Å². The van der Waals surface area contributed by atoms with E-state index in [1.54, 1.807) is 0 Å². The number of nitrogens with one attached hydrogen (secondary N) is 1. The van der Waals surface area contributed by atoms with Crippen LogP contribution in [0.25, 0.3) is 0 Å². The summed E-state index contributed by atoms with van der Waals surface area (Å²) >= 11 is 6.11.